The van der Waals surface area contributed by atoms with E-state index in [0.29, 0.717) is 18.8 Å². The van der Waals surface area contributed by atoms with Crippen molar-refractivity contribution in [2.75, 3.05) is 25.0 Å². The number of unbranched alkanes of at least 4 members (excludes halogenated alkanes) is 1. The SMILES string of the molecule is CCCCc1ccc(NC(=O)COc2ccc(S(=O)(=O)N3CCCCC3)cc2)cc1. The summed E-state index contributed by atoms with van der Waals surface area (Å²) in [5.74, 6) is 0.194. The number of benzene rings is 2. The Morgan fingerprint density at radius 3 is 2.30 bits per heavy atom. The lowest BCUT2D eigenvalue weighted by Gasteiger charge is -2.25. The first-order valence-electron chi connectivity index (χ1n) is 10.6. The van der Waals surface area contributed by atoms with Crippen LogP contribution in [0.3, 0.4) is 0 Å². The monoisotopic (exact) mass is 430 g/mol. The molecule has 1 saturated heterocycles. The number of nitrogens with one attached hydrogen (secondary N) is 1. The van der Waals surface area contributed by atoms with Crippen LogP contribution >= 0.6 is 0 Å². The molecule has 1 amide bonds. The third-order valence-electron chi connectivity index (χ3n) is 5.20. The van der Waals surface area contributed by atoms with Crippen molar-refractivity contribution in [1.29, 1.82) is 0 Å². The van der Waals surface area contributed by atoms with Gasteiger partial charge in [-0.3, -0.25) is 4.79 Å². The molecule has 2 aromatic rings. The molecule has 2 aromatic carbocycles. The maximum Gasteiger partial charge on any atom is 0.262 e. The fourth-order valence-electron chi connectivity index (χ4n) is 3.44. The number of amides is 1. The van der Waals surface area contributed by atoms with Crippen molar-refractivity contribution in [3.05, 3.63) is 54.1 Å². The van der Waals surface area contributed by atoms with Gasteiger partial charge in [-0.05, 0) is 67.6 Å². The predicted molar refractivity (Wildman–Crippen MR) is 118 cm³/mol. The number of hydrogen-bond acceptors (Lipinski definition) is 4. The molecule has 3 rings (SSSR count). The van der Waals surface area contributed by atoms with Crippen LogP contribution in [-0.2, 0) is 21.2 Å². The molecule has 7 heteroatoms. The Labute approximate surface area is 179 Å². The number of aryl methyl sites for hydroxylation is 1. The molecule has 0 bridgehead atoms. The van der Waals surface area contributed by atoms with Crippen molar-refractivity contribution < 1.29 is 17.9 Å². The highest BCUT2D eigenvalue weighted by atomic mass is 32.2. The molecule has 0 aromatic heterocycles. The van der Waals surface area contributed by atoms with Crippen LogP contribution in [0.5, 0.6) is 5.75 Å². The highest BCUT2D eigenvalue weighted by Crippen LogP contribution is 2.22. The third-order valence-corrected chi connectivity index (χ3v) is 7.12. The molecule has 0 atom stereocenters. The highest BCUT2D eigenvalue weighted by molar-refractivity contribution is 7.89. The van der Waals surface area contributed by atoms with Crippen molar-refractivity contribution in [1.82, 2.24) is 4.31 Å². The number of piperidine rings is 1. The predicted octanol–water partition coefficient (Wildman–Crippen LogP) is 4.22. The van der Waals surface area contributed by atoms with E-state index < -0.39 is 10.0 Å². The van der Waals surface area contributed by atoms with E-state index in [1.165, 1.54) is 22.0 Å². The van der Waals surface area contributed by atoms with E-state index in [1.807, 2.05) is 24.3 Å². The summed E-state index contributed by atoms with van der Waals surface area (Å²) in [4.78, 5) is 12.4. The molecule has 0 unspecified atom stereocenters. The van der Waals surface area contributed by atoms with E-state index in [2.05, 4.69) is 12.2 Å². The molecule has 162 valence electrons. The molecule has 0 aliphatic carbocycles. The smallest absolute Gasteiger partial charge is 0.262 e. The number of hydrogen-bond donors (Lipinski definition) is 1. The number of anilines is 1. The van der Waals surface area contributed by atoms with Gasteiger partial charge in [0.15, 0.2) is 6.61 Å². The Bertz CT molecular complexity index is 919. The van der Waals surface area contributed by atoms with Crippen molar-refractivity contribution in [3.8, 4) is 5.75 Å². The first kappa shape index (κ1) is 22.3. The number of sulfonamides is 1. The minimum Gasteiger partial charge on any atom is -0.484 e. The maximum absolute atomic E-state index is 12.7. The summed E-state index contributed by atoms with van der Waals surface area (Å²) >= 11 is 0. The average molecular weight is 431 g/mol. The Balaban J connectivity index is 1.50. The second kappa shape index (κ2) is 10.6. The zero-order chi connectivity index (χ0) is 21.4. The Hall–Kier alpha value is -2.38. The summed E-state index contributed by atoms with van der Waals surface area (Å²) in [7, 11) is -3.46. The largest absolute Gasteiger partial charge is 0.484 e. The second-order valence-corrected chi connectivity index (χ2v) is 9.51. The summed E-state index contributed by atoms with van der Waals surface area (Å²) in [6.07, 6.45) is 6.22. The molecule has 30 heavy (non-hydrogen) atoms. The van der Waals surface area contributed by atoms with Crippen LogP contribution in [0.2, 0.25) is 0 Å². The molecule has 1 aliphatic rings. The standard InChI is InChI=1S/C23H30N2O4S/c1-2-3-7-19-8-10-20(11-9-19)24-23(26)18-29-21-12-14-22(15-13-21)30(27,28)25-16-5-4-6-17-25/h8-15H,2-7,16-18H2,1H3,(H,24,26). The Morgan fingerprint density at radius 2 is 1.67 bits per heavy atom. The first-order valence-corrected chi connectivity index (χ1v) is 12.0. The summed E-state index contributed by atoms with van der Waals surface area (Å²) in [5, 5.41) is 2.81. The molecule has 1 N–H and O–H groups in total. The lowest BCUT2D eigenvalue weighted by molar-refractivity contribution is -0.118. The number of rotatable bonds is 9. The first-order chi connectivity index (χ1) is 14.5. The minimum absolute atomic E-state index is 0.143. The van der Waals surface area contributed by atoms with Gasteiger partial charge < -0.3 is 10.1 Å². The number of carbonyl (C=O) groups excluding carboxylic acids is 1. The van der Waals surface area contributed by atoms with Crippen LogP contribution in [0.25, 0.3) is 0 Å². The summed E-state index contributed by atoms with van der Waals surface area (Å²) in [5.41, 5.74) is 1.98. The van der Waals surface area contributed by atoms with Crippen LogP contribution in [-0.4, -0.2) is 38.3 Å². The number of ether oxygens (including phenoxy) is 1. The van der Waals surface area contributed by atoms with Crippen molar-refractivity contribution in [3.63, 3.8) is 0 Å². The Kier molecular flexibility index (Phi) is 7.87. The maximum atomic E-state index is 12.7. The van der Waals surface area contributed by atoms with Gasteiger partial charge in [0.05, 0.1) is 4.90 Å². The van der Waals surface area contributed by atoms with Gasteiger partial charge in [0.25, 0.3) is 5.91 Å². The summed E-state index contributed by atoms with van der Waals surface area (Å²) in [6, 6.07) is 14.1. The van der Waals surface area contributed by atoms with E-state index in [9.17, 15) is 13.2 Å². The van der Waals surface area contributed by atoms with E-state index >= 15 is 0 Å². The van der Waals surface area contributed by atoms with Crippen LogP contribution < -0.4 is 10.1 Å². The molecule has 1 heterocycles. The van der Waals surface area contributed by atoms with Crippen molar-refractivity contribution in [2.45, 2.75) is 50.3 Å². The van der Waals surface area contributed by atoms with E-state index in [4.69, 9.17) is 4.74 Å². The summed E-state index contributed by atoms with van der Waals surface area (Å²) in [6.45, 7) is 3.16. The van der Waals surface area contributed by atoms with Gasteiger partial charge >= 0.3 is 0 Å². The molecule has 0 radical (unpaired) electrons. The molecule has 6 nitrogen and oxygen atoms in total. The van der Waals surface area contributed by atoms with E-state index in [-0.39, 0.29) is 17.4 Å². The highest BCUT2D eigenvalue weighted by Gasteiger charge is 2.25. The molecule has 0 spiro atoms. The minimum atomic E-state index is -3.46. The van der Waals surface area contributed by atoms with Crippen LogP contribution in [0.1, 0.15) is 44.6 Å². The van der Waals surface area contributed by atoms with Crippen molar-refractivity contribution >= 4 is 21.6 Å². The zero-order valence-electron chi connectivity index (χ0n) is 17.5. The van der Waals surface area contributed by atoms with Crippen LogP contribution in [0.15, 0.2) is 53.4 Å². The number of nitrogens with zero attached hydrogens (tertiary/aromatic N) is 1. The van der Waals surface area contributed by atoms with Gasteiger partial charge in [0.2, 0.25) is 10.0 Å². The van der Waals surface area contributed by atoms with Gasteiger partial charge in [-0.25, -0.2) is 8.42 Å². The second-order valence-electron chi connectivity index (χ2n) is 7.57. The Morgan fingerprint density at radius 1 is 1.00 bits per heavy atom. The topological polar surface area (TPSA) is 75.7 Å². The molecular formula is C23H30N2O4S. The fraction of sp³-hybridized carbons (Fsp3) is 0.435. The lowest BCUT2D eigenvalue weighted by atomic mass is 10.1. The van der Waals surface area contributed by atoms with Gasteiger partial charge in [0, 0.05) is 18.8 Å². The fourth-order valence-corrected chi connectivity index (χ4v) is 4.96. The quantitative estimate of drug-likeness (QED) is 0.646. The molecule has 1 aliphatic heterocycles. The normalized spacial score (nSPS) is 15.0. The number of carbonyl (C=O) groups is 1. The molecular weight excluding hydrogens is 400 g/mol. The van der Waals surface area contributed by atoms with Crippen molar-refractivity contribution in [2.24, 2.45) is 0 Å². The van der Waals surface area contributed by atoms with E-state index in [0.717, 1.165) is 44.2 Å². The molecule has 1 fully saturated rings. The van der Waals surface area contributed by atoms with Gasteiger partial charge in [-0.1, -0.05) is 31.9 Å². The van der Waals surface area contributed by atoms with Gasteiger partial charge in [0.1, 0.15) is 5.75 Å². The van der Waals surface area contributed by atoms with Crippen LogP contribution in [0.4, 0.5) is 5.69 Å². The molecule has 0 saturated carbocycles. The van der Waals surface area contributed by atoms with E-state index in [1.54, 1.807) is 12.1 Å². The third kappa shape index (κ3) is 6.06. The van der Waals surface area contributed by atoms with Gasteiger partial charge in [-0.15, -0.1) is 0 Å². The van der Waals surface area contributed by atoms with Gasteiger partial charge in [-0.2, -0.15) is 4.31 Å². The van der Waals surface area contributed by atoms with Crippen LogP contribution in [0, 0.1) is 0 Å². The zero-order valence-corrected chi connectivity index (χ0v) is 18.3. The average Bonchev–Trinajstić information content (AvgIpc) is 2.78. The lowest BCUT2D eigenvalue weighted by Crippen LogP contribution is -2.35. The summed E-state index contributed by atoms with van der Waals surface area (Å²) < 4.78 is 32.4.